The van der Waals surface area contributed by atoms with Crippen LogP contribution in [0.25, 0.3) is 0 Å². The summed E-state index contributed by atoms with van der Waals surface area (Å²) in [7, 11) is 0. The first-order chi connectivity index (χ1) is 14.4. The first kappa shape index (κ1) is 22.2. The van der Waals surface area contributed by atoms with E-state index in [1.165, 1.54) is 44.9 Å². The predicted molar refractivity (Wildman–Crippen MR) is 128 cm³/mol. The third-order valence-electron chi connectivity index (χ3n) is 12.0. The Morgan fingerprint density at radius 1 is 0.903 bits per heavy atom. The molecule has 0 spiro atoms. The molecule has 0 aromatic rings. The SMILES string of the molecule is CC1(C)CCC2=C(C1)C1=CC[C@@H]3[C@@]4(C)CC[C@@H](O)[C@@](C)(CO)[C@H]4CC[C@]3(C)[C@@]1(C)CC2. The van der Waals surface area contributed by atoms with E-state index in [9.17, 15) is 10.2 Å². The van der Waals surface area contributed by atoms with E-state index in [0.717, 1.165) is 19.3 Å². The molecule has 0 saturated heterocycles. The summed E-state index contributed by atoms with van der Waals surface area (Å²) in [5.41, 5.74) is 6.10. The van der Waals surface area contributed by atoms with Crippen molar-refractivity contribution in [2.24, 2.45) is 38.9 Å². The standard InChI is InChI=1S/C29H46O2/c1-25(2)13-9-19-10-15-28(5)21(20(19)17-25)7-8-23-26(3)14-12-24(31)27(4,18-30)22(26)11-16-29(23,28)6/h7,22-24,30-31H,8-18H2,1-6H3/t22-,23+,24+,26-,27-,28-,29-/m0/s1. The zero-order valence-corrected chi connectivity index (χ0v) is 21.0. The lowest BCUT2D eigenvalue weighted by Gasteiger charge is -2.69. The Morgan fingerprint density at radius 3 is 2.32 bits per heavy atom. The number of aliphatic hydroxyl groups is 2. The second kappa shape index (κ2) is 6.72. The summed E-state index contributed by atoms with van der Waals surface area (Å²) >= 11 is 0. The minimum Gasteiger partial charge on any atom is -0.396 e. The highest BCUT2D eigenvalue weighted by Gasteiger charge is 2.66. The molecule has 7 atom stereocenters. The third-order valence-corrected chi connectivity index (χ3v) is 12.0. The monoisotopic (exact) mass is 426 g/mol. The number of rotatable bonds is 1. The Kier molecular flexibility index (Phi) is 4.81. The fourth-order valence-corrected chi connectivity index (χ4v) is 9.70. The molecule has 0 radical (unpaired) electrons. The first-order valence-electron chi connectivity index (χ1n) is 13.1. The maximum atomic E-state index is 10.9. The Balaban J connectivity index is 1.58. The fraction of sp³-hybridized carbons (Fsp3) is 0.862. The van der Waals surface area contributed by atoms with E-state index in [1.54, 1.807) is 16.7 Å². The molecule has 0 aliphatic heterocycles. The highest BCUT2D eigenvalue weighted by atomic mass is 16.3. The van der Waals surface area contributed by atoms with Crippen molar-refractivity contribution in [1.29, 1.82) is 0 Å². The zero-order valence-electron chi connectivity index (χ0n) is 21.0. The molecule has 31 heavy (non-hydrogen) atoms. The minimum absolute atomic E-state index is 0.113. The highest BCUT2D eigenvalue weighted by molar-refractivity contribution is 5.48. The van der Waals surface area contributed by atoms with E-state index < -0.39 is 0 Å². The molecular formula is C29H46O2. The maximum Gasteiger partial charge on any atom is 0.0618 e. The highest BCUT2D eigenvalue weighted by Crippen LogP contribution is 2.73. The average Bonchev–Trinajstić information content (AvgIpc) is 2.71. The number of allylic oxidation sites excluding steroid dienone is 4. The van der Waals surface area contributed by atoms with Crippen LogP contribution in [-0.2, 0) is 0 Å². The number of hydrogen-bond donors (Lipinski definition) is 2. The van der Waals surface area contributed by atoms with Crippen LogP contribution in [0.3, 0.4) is 0 Å². The molecule has 0 unspecified atom stereocenters. The molecule has 2 N–H and O–H groups in total. The maximum absolute atomic E-state index is 10.9. The van der Waals surface area contributed by atoms with Crippen LogP contribution in [0.2, 0.25) is 0 Å². The number of hydrogen-bond acceptors (Lipinski definition) is 2. The van der Waals surface area contributed by atoms with Crippen molar-refractivity contribution in [2.75, 3.05) is 6.61 Å². The fourth-order valence-electron chi connectivity index (χ4n) is 9.70. The molecular weight excluding hydrogens is 380 g/mol. The third kappa shape index (κ3) is 2.76. The van der Waals surface area contributed by atoms with Gasteiger partial charge in [0, 0.05) is 5.41 Å². The second-order valence-electron chi connectivity index (χ2n) is 13.9. The van der Waals surface area contributed by atoms with E-state index in [0.29, 0.717) is 22.7 Å². The molecule has 2 heteroatoms. The van der Waals surface area contributed by atoms with E-state index in [4.69, 9.17) is 0 Å². The van der Waals surface area contributed by atoms with Crippen LogP contribution < -0.4 is 0 Å². The first-order valence-corrected chi connectivity index (χ1v) is 13.1. The summed E-state index contributed by atoms with van der Waals surface area (Å²) in [6.45, 7) is 15.0. The van der Waals surface area contributed by atoms with Crippen molar-refractivity contribution in [3.05, 3.63) is 22.8 Å². The van der Waals surface area contributed by atoms with Gasteiger partial charge in [-0.05, 0) is 109 Å². The molecule has 2 fully saturated rings. The van der Waals surface area contributed by atoms with Gasteiger partial charge < -0.3 is 10.2 Å². The van der Waals surface area contributed by atoms with Gasteiger partial charge in [-0.25, -0.2) is 0 Å². The van der Waals surface area contributed by atoms with Gasteiger partial charge in [0.15, 0.2) is 0 Å². The lowest BCUT2D eigenvalue weighted by atomic mass is 9.35. The molecule has 0 heterocycles. The van der Waals surface area contributed by atoms with Gasteiger partial charge in [-0.3, -0.25) is 0 Å². The van der Waals surface area contributed by atoms with Gasteiger partial charge >= 0.3 is 0 Å². The Morgan fingerprint density at radius 2 is 1.61 bits per heavy atom. The molecule has 5 rings (SSSR count). The summed E-state index contributed by atoms with van der Waals surface area (Å²) in [5, 5.41) is 21.3. The van der Waals surface area contributed by atoms with Crippen molar-refractivity contribution in [1.82, 2.24) is 0 Å². The van der Waals surface area contributed by atoms with Crippen LogP contribution >= 0.6 is 0 Å². The van der Waals surface area contributed by atoms with Crippen molar-refractivity contribution >= 4 is 0 Å². The van der Waals surface area contributed by atoms with Crippen LogP contribution in [0.5, 0.6) is 0 Å². The van der Waals surface area contributed by atoms with Gasteiger partial charge in [-0.1, -0.05) is 53.2 Å². The molecule has 0 aromatic heterocycles. The summed E-state index contributed by atoms with van der Waals surface area (Å²) in [5.74, 6) is 1.06. The summed E-state index contributed by atoms with van der Waals surface area (Å²) in [6, 6.07) is 0. The van der Waals surface area contributed by atoms with E-state index in [-0.39, 0.29) is 29.0 Å². The smallest absolute Gasteiger partial charge is 0.0618 e. The van der Waals surface area contributed by atoms with Gasteiger partial charge in [0.2, 0.25) is 0 Å². The molecule has 5 aliphatic rings. The van der Waals surface area contributed by atoms with Crippen LogP contribution in [0.15, 0.2) is 22.8 Å². The second-order valence-corrected chi connectivity index (χ2v) is 13.9. The lowest BCUT2D eigenvalue weighted by molar-refractivity contribution is -0.209. The van der Waals surface area contributed by atoms with Crippen LogP contribution in [0.4, 0.5) is 0 Å². The molecule has 0 amide bonds. The number of fused-ring (bicyclic) bond motifs is 6. The summed E-state index contributed by atoms with van der Waals surface area (Å²) < 4.78 is 0. The molecule has 5 aliphatic carbocycles. The summed E-state index contributed by atoms with van der Waals surface area (Å²) in [6.07, 6.45) is 14.4. The Labute approximate surface area is 190 Å². The number of aliphatic hydroxyl groups excluding tert-OH is 2. The molecule has 0 aromatic carbocycles. The van der Waals surface area contributed by atoms with Crippen LogP contribution in [0.1, 0.15) is 106 Å². The largest absolute Gasteiger partial charge is 0.396 e. The minimum atomic E-state index is -0.364. The van der Waals surface area contributed by atoms with Gasteiger partial charge in [0.25, 0.3) is 0 Å². The van der Waals surface area contributed by atoms with Crippen molar-refractivity contribution < 1.29 is 10.2 Å². The molecule has 174 valence electrons. The Bertz CT molecular complexity index is 836. The van der Waals surface area contributed by atoms with Gasteiger partial charge in [0.05, 0.1) is 12.7 Å². The van der Waals surface area contributed by atoms with E-state index >= 15 is 0 Å². The molecule has 2 nitrogen and oxygen atoms in total. The van der Waals surface area contributed by atoms with Crippen molar-refractivity contribution in [2.45, 2.75) is 112 Å². The quantitative estimate of drug-likeness (QED) is 0.483. The zero-order chi connectivity index (χ0) is 22.4. The topological polar surface area (TPSA) is 40.5 Å². The molecule has 2 saturated carbocycles. The van der Waals surface area contributed by atoms with Gasteiger partial charge in [-0.2, -0.15) is 0 Å². The Hall–Kier alpha value is -0.600. The predicted octanol–water partition coefficient (Wildman–Crippen LogP) is 6.82. The lowest BCUT2D eigenvalue weighted by Crippen LogP contribution is -2.64. The molecule has 0 bridgehead atoms. The average molecular weight is 427 g/mol. The van der Waals surface area contributed by atoms with Gasteiger partial charge in [0.1, 0.15) is 0 Å². The summed E-state index contributed by atoms with van der Waals surface area (Å²) in [4.78, 5) is 0. The van der Waals surface area contributed by atoms with Crippen LogP contribution in [0, 0.1) is 38.9 Å². The van der Waals surface area contributed by atoms with Gasteiger partial charge in [-0.15, -0.1) is 0 Å². The van der Waals surface area contributed by atoms with E-state index in [1.807, 2.05) is 0 Å². The van der Waals surface area contributed by atoms with Crippen molar-refractivity contribution in [3.63, 3.8) is 0 Å². The van der Waals surface area contributed by atoms with E-state index in [2.05, 4.69) is 47.6 Å². The normalized spacial score (nSPS) is 51.2. The van der Waals surface area contributed by atoms with Crippen molar-refractivity contribution in [3.8, 4) is 0 Å². The van der Waals surface area contributed by atoms with Crippen LogP contribution in [-0.4, -0.2) is 22.9 Å².